The van der Waals surface area contributed by atoms with E-state index in [1.807, 2.05) is 11.3 Å². The van der Waals surface area contributed by atoms with Gasteiger partial charge in [0.1, 0.15) is 0 Å². The van der Waals surface area contributed by atoms with E-state index in [1.54, 1.807) is 7.11 Å². The number of hydrogen-bond donors (Lipinski definition) is 1. The van der Waals surface area contributed by atoms with E-state index in [9.17, 15) is 0 Å². The largest absolute Gasteiger partial charge is 0.383 e. The molecule has 0 amide bonds. The Labute approximate surface area is 115 Å². The van der Waals surface area contributed by atoms with Crippen molar-refractivity contribution in [1.29, 1.82) is 0 Å². The lowest BCUT2D eigenvalue weighted by molar-refractivity contribution is 0.158. The van der Waals surface area contributed by atoms with Crippen LogP contribution in [0.4, 0.5) is 0 Å². The summed E-state index contributed by atoms with van der Waals surface area (Å²) in [5, 5.41) is 3.47. The van der Waals surface area contributed by atoms with Gasteiger partial charge in [0.05, 0.1) is 6.61 Å². The van der Waals surface area contributed by atoms with Crippen molar-refractivity contribution in [3.8, 4) is 0 Å². The van der Waals surface area contributed by atoms with Crippen LogP contribution in [0.2, 0.25) is 0 Å². The number of likely N-dealkylation sites (N-methyl/N-ethyl adjacent to an activating group) is 1. The lowest BCUT2D eigenvalue weighted by Crippen LogP contribution is -2.22. The van der Waals surface area contributed by atoms with Crippen LogP contribution in [0.15, 0.2) is 6.07 Å². The Bertz CT molecular complexity index is 350. The summed E-state index contributed by atoms with van der Waals surface area (Å²) in [6, 6.07) is 2.87. The third-order valence-corrected chi connectivity index (χ3v) is 3.97. The lowest BCUT2D eigenvalue weighted by Gasteiger charge is -2.15. The van der Waals surface area contributed by atoms with Crippen molar-refractivity contribution in [1.82, 2.24) is 10.2 Å². The average Bonchev–Trinajstić information content (AvgIpc) is 2.65. The number of rotatable bonds is 8. The Morgan fingerprint density at radius 1 is 1.44 bits per heavy atom. The number of aryl methyl sites for hydroxylation is 1. The van der Waals surface area contributed by atoms with Crippen molar-refractivity contribution >= 4 is 11.3 Å². The second kappa shape index (κ2) is 7.89. The van der Waals surface area contributed by atoms with E-state index in [-0.39, 0.29) is 0 Å². The van der Waals surface area contributed by atoms with Crippen LogP contribution < -0.4 is 5.32 Å². The maximum absolute atomic E-state index is 5.10. The highest BCUT2D eigenvalue weighted by Crippen LogP contribution is 2.22. The zero-order valence-electron chi connectivity index (χ0n) is 12.2. The molecule has 0 spiro atoms. The molecule has 1 aromatic rings. The molecule has 104 valence electrons. The highest BCUT2D eigenvalue weighted by molar-refractivity contribution is 7.12. The molecule has 0 unspecified atom stereocenters. The summed E-state index contributed by atoms with van der Waals surface area (Å²) in [4.78, 5) is 5.16. The fraction of sp³-hybridized carbons (Fsp3) is 0.714. The molecule has 0 aliphatic carbocycles. The highest BCUT2D eigenvalue weighted by Gasteiger charge is 2.08. The zero-order chi connectivity index (χ0) is 13.5. The van der Waals surface area contributed by atoms with E-state index in [1.165, 1.54) is 15.3 Å². The van der Waals surface area contributed by atoms with Crippen molar-refractivity contribution in [3.63, 3.8) is 0 Å². The summed E-state index contributed by atoms with van der Waals surface area (Å²) in [5.41, 5.74) is 1.44. The first-order valence-corrected chi connectivity index (χ1v) is 7.33. The Kier molecular flexibility index (Phi) is 6.86. The van der Waals surface area contributed by atoms with Gasteiger partial charge in [0, 0.05) is 42.5 Å². The molecule has 1 rings (SSSR count). The maximum atomic E-state index is 5.10. The van der Waals surface area contributed by atoms with Crippen LogP contribution in [0.1, 0.15) is 29.2 Å². The monoisotopic (exact) mass is 270 g/mol. The predicted molar refractivity (Wildman–Crippen MR) is 79.2 cm³/mol. The number of hydrogen-bond acceptors (Lipinski definition) is 4. The summed E-state index contributed by atoms with van der Waals surface area (Å²) >= 11 is 1.90. The van der Waals surface area contributed by atoms with E-state index in [2.05, 4.69) is 44.1 Å². The maximum Gasteiger partial charge on any atom is 0.0589 e. The van der Waals surface area contributed by atoms with E-state index in [4.69, 9.17) is 4.74 Å². The van der Waals surface area contributed by atoms with E-state index in [0.29, 0.717) is 6.04 Å². The van der Waals surface area contributed by atoms with E-state index in [0.717, 1.165) is 26.2 Å². The molecule has 18 heavy (non-hydrogen) atoms. The first-order valence-electron chi connectivity index (χ1n) is 6.52. The summed E-state index contributed by atoms with van der Waals surface area (Å²) < 4.78 is 5.10. The van der Waals surface area contributed by atoms with Gasteiger partial charge in [0.15, 0.2) is 0 Å². The summed E-state index contributed by atoms with van der Waals surface area (Å²) in [6.45, 7) is 10.3. The molecule has 4 heteroatoms. The molecule has 0 fully saturated rings. The molecular weight excluding hydrogens is 244 g/mol. The molecule has 0 bridgehead atoms. The fourth-order valence-electron chi connectivity index (χ4n) is 1.75. The Morgan fingerprint density at radius 3 is 2.78 bits per heavy atom. The van der Waals surface area contributed by atoms with Crippen molar-refractivity contribution < 1.29 is 4.74 Å². The number of thiophene rings is 1. The first-order chi connectivity index (χ1) is 8.52. The molecule has 0 aliphatic heterocycles. The van der Waals surface area contributed by atoms with Gasteiger partial charge in [-0.15, -0.1) is 11.3 Å². The number of methoxy groups -OCH3 is 1. The van der Waals surface area contributed by atoms with Crippen LogP contribution in [0, 0.1) is 6.92 Å². The Hall–Kier alpha value is -0.420. The van der Waals surface area contributed by atoms with Gasteiger partial charge < -0.3 is 10.1 Å². The molecule has 0 atom stereocenters. The molecule has 1 N–H and O–H groups in total. The minimum Gasteiger partial charge on any atom is -0.383 e. The van der Waals surface area contributed by atoms with Crippen LogP contribution in [0.25, 0.3) is 0 Å². The van der Waals surface area contributed by atoms with Crippen molar-refractivity contribution in [3.05, 3.63) is 21.4 Å². The summed E-state index contributed by atoms with van der Waals surface area (Å²) in [6.07, 6.45) is 0. The molecule has 0 aromatic carbocycles. The second-order valence-corrected chi connectivity index (χ2v) is 6.40. The molecule has 1 aromatic heterocycles. The van der Waals surface area contributed by atoms with E-state index < -0.39 is 0 Å². The van der Waals surface area contributed by atoms with Gasteiger partial charge in [0.25, 0.3) is 0 Å². The quantitative estimate of drug-likeness (QED) is 0.786. The third kappa shape index (κ3) is 5.48. The van der Waals surface area contributed by atoms with Crippen LogP contribution in [-0.4, -0.2) is 38.3 Å². The highest BCUT2D eigenvalue weighted by atomic mass is 32.1. The summed E-state index contributed by atoms with van der Waals surface area (Å²) in [7, 11) is 3.89. The zero-order valence-corrected chi connectivity index (χ0v) is 13.1. The van der Waals surface area contributed by atoms with Crippen molar-refractivity contribution in [2.75, 3.05) is 27.3 Å². The standard InChI is InChI=1S/C14H26N2OS/c1-11(2)15-9-14-8-13(12(3)18-14)10-16(4)6-7-17-5/h8,11,15H,6-7,9-10H2,1-5H3. The first kappa shape index (κ1) is 15.6. The van der Waals surface area contributed by atoms with Gasteiger partial charge in [0.2, 0.25) is 0 Å². The Morgan fingerprint density at radius 2 is 2.17 bits per heavy atom. The molecule has 0 aliphatic rings. The summed E-state index contributed by atoms with van der Waals surface area (Å²) in [5.74, 6) is 0. The van der Waals surface area contributed by atoms with Gasteiger partial charge in [-0.25, -0.2) is 0 Å². The van der Waals surface area contributed by atoms with Crippen LogP contribution in [0.3, 0.4) is 0 Å². The lowest BCUT2D eigenvalue weighted by atomic mass is 10.2. The minimum absolute atomic E-state index is 0.542. The third-order valence-electron chi connectivity index (χ3n) is 2.87. The van der Waals surface area contributed by atoms with E-state index >= 15 is 0 Å². The molecule has 3 nitrogen and oxygen atoms in total. The molecule has 0 radical (unpaired) electrons. The van der Waals surface area contributed by atoms with Gasteiger partial charge in [-0.1, -0.05) is 13.8 Å². The van der Waals surface area contributed by atoms with Gasteiger partial charge in [-0.3, -0.25) is 4.90 Å². The van der Waals surface area contributed by atoms with Crippen molar-refractivity contribution in [2.45, 2.75) is 39.9 Å². The molecule has 0 saturated carbocycles. The fourth-order valence-corrected chi connectivity index (χ4v) is 2.76. The van der Waals surface area contributed by atoms with Gasteiger partial charge >= 0.3 is 0 Å². The Balaban J connectivity index is 2.50. The van der Waals surface area contributed by atoms with Crippen LogP contribution in [-0.2, 0) is 17.8 Å². The van der Waals surface area contributed by atoms with Crippen LogP contribution in [0.5, 0.6) is 0 Å². The molecular formula is C14H26N2OS. The normalized spacial score (nSPS) is 11.7. The van der Waals surface area contributed by atoms with Crippen LogP contribution >= 0.6 is 11.3 Å². The number of nitrogens with zero attached hydrogens (tertiary/aromatic N) is 1. The molecule has 0 saturated heterocycles. The minimum atomic E-state index is 0.542. The predicted octanol–water partition coefficient (Wildman–Crippen LogP) is 2.63. The second-order valence-electron chi connectivity index (χ2n) is 5.06. The smallest absolute Gasteiger partial charge is 0.0589 e. The van der Waals surface area contributed by atoms with Crippen molar-refractivity contribution in [2.24, 2.45) is 0 Å². The molecule has 1 heterocycles. The average molecular weight is 270 g/mol. The number of nitrogens with one attached hydrogen (secondary N) is 1. The SMILES string of the molecule is COCCN(C)Cc1cc(CNC(C)C)sc1C. The van der Waals surface area contributed by atoms with Gasteiger partial charge in [-0.2, -0.15) is 0 Å². The topological polar surface area (TPSA) is 24.5 Å². The van der Waals surface area contributed by atoms with Gasteiger partial charge in [-0.05, 0) is 25.6 Å². The number of ether oxygens (including phenoxy) is 1.